The van der Waals surface area contributed by atoms with Gasteiger partial charge in [0.1, 0.15) is 0 Å². The number of pyridine rings is 1. The van der Waals surface area contributed by atoms with Crippen molar-refractivity contribution in [2.75, 3.05) is 18.5 Å². The molecule has 0 bridgehead atoms. The molecule has 0 aliphatic carbocycles. The standard InChI is InChI=1S/C15H26N4O/c1-9(2)12(16)6-7-19(5)13-8-10(3)18-11(4)14(13)15(17)20/h8-9,12H,6-7,16H2,1-5H3,(H2,17,20). The van der Waals surface area contributed by atoms with Crippen molar-refractivity contribution in [3.05, 3.63) is 23.0 Å². The zero-order valence-corrected chi connectivity index (χ0v) is 13.1. The fourth-order valence-electron chi connectivity index (χ4n) is 2.21. The minimum Gasteiger partial charge on any atom is -0.374 e. The van der Waals surface area contributed by atoms with Crippen molar-refractivity contribution in [1.82, 2.24) is 4.98 Å². The van der Waals surface area contributed by atoms with E-state index in [1.54, 1.807) is 0 Å². The lowest BCUT2D eigenvalue weighted by Gasteiger charge is -2.25. The average molecular weight is 278 g/mol. The van der Waals surface area contributed by atoms with Crippen LogP contribution < -0.4 is 16.4 Å². The van der Waals surface area contributed by atoms with Crippen LogP contribution in [-0.4, -0.2) is 30.5 Å². The number of aryl methyl sites for hydroxylation is 2. The lowest BCUT2D eigenvalue weighted by molar-refractivity contribution is 0.1000. The molecule has 1 atom stereocenters. The summed E-state index contributed by atoms with van der Waals surface area (Å²) in [5, 5.41) is 0. The normalized spacial score (nSPS) is 12.6. The summed E-state index contributed by atoms with van der Waals surface area (Å²) < 4.78 is 0. The third-order valence-corrected chi connectivity index (χ3v) is 3.62. The summed E-state index contributed by atoms with van der Waals surface area (Å²) in [5.74, 6) is 0.00457. The van der Waals surface area contributed by atoms with E-state index in [2.05, 4.69) is 18.8 Å². The molecule has 0 aliphatic heterocycles. The molecule has 1 aromatic rings. The van der Waals surface area contributed by atoms with Crippen LogP contribution in [-0.2, 0) is 0 Å². The number of nitrogens with zero attached hydrogens (tertiary/aromatic N) is 2. The van der Waals surface area contributed by atoms with Gasteiger partial charge < -0.3 is 16.4 Å². The molecule has 4 N–H and O–H groups in total. The number of hydrogen-bond donors (Lipinski definition) is 2. The Morgan fingerprint density at radius 1 is 1.40 bits per heavy atom. The number of aromatic nitrogens is 1. The van der Waals surface area contributed by atoms with Crippen LogP contribution in [0.1, 0.15) is 42.0 Å². The van der Waals surface area contributed by atoms with E-state index in [-0.39, 0.29) is 6.04 Å². The summed E-state index contributed by atoms with van der Waals surface area (Å²) in [6, 6.07) is 2.05. The summed E-state index contributed by atoms with van der Waals surface area (Å²) in [5.41, 5.74) is 14.4. The van der Waals surface area contributed by atoms with Crippen molar-refractivity contribution in [1.29, 1.82) is 0 Å². The van der Waals surface area contributed by atoms with Gasteiger partial charge in [0.25, 0.3) is 5.91 Å². The fourth-order valence-corrected chi connectivity index (χ4v) is 2.21. The Balaban J connectivity index is 2.97. The summed E-state index contributed by atoms with van der Waals surface area (Å²) >= 11 is 0. The third kappa shape index (κ3) is 3.93. The van der Waals surface area contributed by atoms with E-state index in [0.717, 1.165) is 24.3 Å². The second-order valence-corrected chi connectivity index (χ2v) is 5.73. The molecule has 20 heavy (non-hydrogen) atoms. The maximum Gasteiger partial charge on any atom is 0.252 e. The van der Waals surface area contributed by atoms with E-state index >= 15 is 0 Å². The second kappa shape index (κ2) is 6.70. The summed E-state index contributed by atoms with van der Waals surface area (Å²) in [6.45, 7) is 8.72. The highest BCUT2D eigenvalue weighted by Crippen LogP contribution is 2.23. The SMILES string of the molecule is Cc1cc(N(C)CCC(N)C(C)C)c(C(N)=O)c(C)n1. The molecule has 112 valence electrons. The van der Waals surface area contributed by atoms with Gasteiger partial charge in [0, 0.05) is 25.3 Å². The first kappa shape index (κ1) is 16.4. The van der Waals surface area contributed by atoms with Crippen LogP contribution in [0.4, 0.5) is 5.69 Å². The van der Waals surface area contributed by atoms with E-state index < -0.39 is 5.91 Å². The number of primary amides is 1. The predicted octanol–water partition coefficient (Wildman–Crippen LogP) is 1.61. The first-order valence-electron chi connectivity index (χ1n) is 6.98. The molecular weight excluding hydrogens is 252 g/mol. The van der Waals surface area contributed by atoms with Crippen molar-refractivity contribution in [3.8, 4) is 0 Å². The number of amides is 1. The Morgan fingerprint density at radius 3 is 2.50 bits per heavy atom. The summed E-state index contributed by atoms with van der Waals surface area (Å²) in [6.07, 6.45) is 0.868. The zero-order valence-electron chi connectivity index (χ0n) is 13.1. The van der Waals surface area contributed by atoms with Crippen LogP contribution >= 0.6 is 0 Å². The highest BCUT2D eigenvalue weighted by atomic mass is 16.1. The van der Waals surface area contributed by atoms with Crippen LogP contribution in [0.5, 0.6) is 0 Å². The van der Waals surface area contributed by atoms with Gasteiger partial charge in [-0.3, -0.25) is 9.78 Å². The van der Waals surface area contributed by atoms with E-state index in [1.807, 2.05) is 31.9 Å². The van der Waals surface area contributed by atoms with Gasteiger partial charge in [-0.1, -0.05) is 13.8 Å². The van der Waals surface area contributed by atoms with E-state index in [1.165, 1.54) is 0 Å². The third-order valence-electron chi connectivity index (χ3n) is 3.62. The van der Waals surface area contributed by atoms with Crippen LogP contribution in [0.25, 0.3) is 0 Å². The Hall–Kier alpha value is -1.62. The molecule has 0 fully saturated rings. The van der Waals surface area contributed by atoms with Gasteiger partial charge in [0.05, 0.1) is 16.9 Å². The van der Waals surface area contributed by atoms with Crippen LogP contribution in [0.15, 0.2) is 6.07 Å². The molecule has 0 saturated carbocycles. The smallest absolute Gasteiger partial charge is 0.252 e. The molecule has 0 saturated heterocycles. The van der Waals surface area contributed by atoms with E-state index in [9.17, 15) is 4.79 Å². The number of anilines is 1. The number of nitrogens with two attached hydrogens (primary N) is 2. The van der Waals surface area contributed by atoms with Crippen LogP contribution in [0, 0.1) is 19.8 Å². The topological polar surface area (TPSA) is 85.2 Å². The van der Waals surface area contributed by atoms with Crippen molar-refractivity contribution in [2.24, 2.45) is 17.4 Å². The number of hydrogen-bond acceptors (Lipinski definition) is 4. The summed E-state index contributed by atoms with van der Waals surface area (Å²) in [7, 11) is 1.95. The van der Waals surface area contributed by atoms with Gasteiger partial charge in [0.15, 0.2) is 0 Å². The molecule has 0 aromatic carbocycles. The number of rotatable bonds is 6. The second-order valence-electron chi connectivity index (χ2n) is 5.73. The Kier molecular flexibility index (Phi) is 5.51. The predicted molar refractivity (Wildman–Crippen MR) is 82.9 cm³/mol. The Morgan fingerprint density at radius 2 is 2.00 bits per heavy atom. The van der Waals surface area contributed by atoms with Gasteiger partial charge in [-0.25, -0.2) is 0 Å². The van der Waals surface area contributed by atoms with Crippen molar-refractivity contribution in [2.45, 2.75) is 40.2 Å². The molecule has 1 amide bonds. The molecule has 0 spiro atoms. The minimum atomic E-state index is -0.440. The highest BCUT2D eigenvalue weighted by Gasteiger charge is 2.17. The largest absolute Gasteiger partial charge is 0.374 e. The lowest BCUT2D eigenvalue weighted by Crippen LogP contribution is -2.33. The summed E-state index contributed by atoms with van der Waals surface area (Å²) in [4.78, 5) is 18.0. The maximum absolute atomic E-state index is 11.6. The van der Waals surface area contributed by atoms with Gasteiger partial charge in [-0.2, -0.15) is 0 Å². The number of carbonyl (C=O) groups is 1. The van der Waals surface area contributed by atoms with Crippen LogP contribution in [0.2, 0.25) is 0 Å². The molecule has 1 aromatic heterocycles. The molecule has 1 heterocycles. The van der Waals surface area contributed by atoms with Crippen molar-refractivity contribution >= 4 is 11.6 Å². The minimum absolute atomic E-state index is 0.151. The maximum atomic E-state index is 11.6. The first-order chi connectivity index (χ1) is 9.23. The molecule has 1 rings (SSSR count). The monoisotopic (exact) mass is 278 g/mol. The van der Waals surface area contributed by atoms with Gasteiger partial charge in [-0.15, -0.1) is 0 Å². The van der Waals surface area contributed by atoms with E-state index in [4.69, 9.17) is 11.5 Å². The highest BCUT2D eigenvalue weighted by molar-refractivity contribution is 5.99. The zero-order chi connectivity index (χ0) is 15.4. The first-order valence-corrected chi connectivity index (χ1v) is 6.98. The van der Waals surface area contributed by atoms with Gasteiger partial charge >= 0.3 is 0 Å². The van der Waals surface area contributed by atoms with Gasteiger partial charge in [0.2, 0.25) is 0 Å². The Bertz CT molecular complexity index is 485. The molecule has 0 radical (unpaired) electrons. The Labute approximate surface area is 121 Å². The van der Waals surface area contributed by atoms with Crippen molar-refractivity contribution < 1.29 is 4.79 Å². The lowest BCUT2D eigenvalue weighted by atomic mass is 10.0. The average Bonchev–Trinajstić information content (AvgIpc) is 2.33. The van der Waals surface area contributed by atoms with Crippen LogP contribution in [0.3, 0.4) is 0 Å². The number of carbonyl (C=O) groups excluding carboxylic acids is 1. The quantitative estimate of drug-likeness (QED) is 0.827. The molecular formula is C15H26N4O. The fraction of sp³-hybridized carbons (Fsp3) is 0.600. The van der Waals surface area contributed by atoms with Gasteiger partial charge in [-0.05, 0) is 32.3 Å². The van der Waals surface area contributed by atoms with Crippen molar-refractivity contribution in [3.63, 3.8) is 0 Å². The molecule has 5 nitrogen and oxygen atoms in total. The van der Waals surface area contributed by atoms with E-state index in [0.29, 0.717) is 17.2 Å². The molecule has 5 heteroatoms. The molecule has 0 aliphatic rings. The molecule has 1 unspecified atom stereocenters.